The van der Waals surface area contributed by atoms with E-state index in [1.54, 1.807) is 0 Å². The van der Waals surface area contributed by atoms with Gasteiger partial charge in [-0.1, -0.05) is 17.7 Å². The first kappa shape index (κ1) is 15.7. The van der Waals surface area contributed by atoms with Gasteiger partial charge in [0, 0.05) is 17.2 Å². The summed E-state index contributed by atoms with van der Waals surface area (Å²) in [6, 6.07) is 7.81. The molecule has 0 aliphatic rings. The predicted octanol–water partition coefficient (Wildman–Crippen LogP) is 3.38. The maximum absolute atomic E-state index is 11.8. The van der Waals surface area contributed by atoms with Gasteiger partial charge in [0.15, 0.2) is 6.61 Å². The molecule has 3 nitrogen and oxygen atoms in total. The number of halogens is 3. The van der Waals surface area contributed by atoms with Crippen molar-refractivity contribution in [3.8, 4) is 0 Å². The van der Waals surface area contributed by atoms with Gasteiger partial charge in [-0.05, 0) is 19.1 Å². The van der Waals surface area contributed by atoms with Crippen molar-refractivity contribution in [1.82, 2.24) is 5.32 Å². The summed E-state index contributed by atoms with van der Waals surface area (Å²) >= 11 is 1.51. The Morgan fingerprint density at radius 1 is 1.42 bits per heavy atom. The topological polar surface area (TPSA) is 38.3 Å². The van der Waals surface area contributed by atoms with Crippen molar-refractivity contribution in [3.63, 3.8) is 0 Å². The first-order valence-electron chi connectivity index (χ1n) is 5.54. The number of ether oxygens (including phenoxy) is 1. The Morgan fingerprint density at radius 2 is 2.16 bits per heavy atom. The van der Waals surface area contributed by atoms with Crippen LogP contribution in [0.15, 0.2) is 29.2 Å². The van der Waals surface area contributed by atoms with E-state index in [4.69, 9.17) is 0 Å². The van der Waals surface area contributed by atoms with Crippen LogP contribution in [-0.4, -0.2) is 31.2 Å². The van der Waals surface area contributed by atoms with Gasteiger partial charge in [0.05, 0.1) is 0 Å². The first-order chi connectivity index (χ1) is 8.87. The SMILES string of the molecule is Cc1cccc(SCCNC(=O)OCC(F)(F)F)c1. The van der Waals surface area contributed by atoms with Crippen LogP contribution in [0.2, 0.25) is 0 Å². The zero-order chi connectivity index (χ0) is 14.3. The molecule has 1 amide bonds. The van der Waals surface area contributed by atoms with Gasteiger partial charge in [-0.15, -0.1) is 11.8 Å². The lowest BCUT2D eigenvalue weighted by Crippen LogP contribution is -2.30. The number of alkyl halides is 3. The largest absolute Gasteiger partial charge is 0.440 e. The van der Waals surface area contributed by atoms with Gasteiger partial charge >= 0.3 is 12.3 Å². The maximum atomic E-state index is 11.8. The van der Waals surface area contributed by atoms with Crippen LogP contribution in [0.4, 0.5) is 18.0 Å². The van der Waals surface area contributed by atoms with Crippen molar-refractivity contribution in [2.75, 3.05) is 18.9 Å². The van der Waals surface area contributed by atoms with Crippen LogP contribution in [0.1, 0.15) is 5.56 Å². The molecule has 0 heterocycles. The Bertz CT molecular complexity index is 424. The summed E-state index contributed by atoms with van der Waals surface area (Å²) in [4.78, 5) is 12.0. The Morgan fingerprint density at radius 3 is 2.79 bits per heavy atom. The Balaban J connectivity index is 2.15. The normalized spacial score (nSPS) is 11.2. The van der Waals surface area contributed by atoms with Crippen LogP contribution < -0.4 is 5.32 Å². The number of aryl methyl sites for hydroxylation is 1. The number of hydrogen-bond donors (Lipinski definition) is 1. The predicted molar refractivity (Wildman–Crippen MR) is 67.3 cm³/mol. The molecule has 0 aromatic heterocycles. The quantitative estimate of drug-likeness (QED) is 0.668. The number of rotatable bonds is 5. The van der Waals surface area contributed by atoms with Gasteiger partial charge in [-0.2, -0.15) is 13.2 Å². The van der Waals surface area contributed by atoms with Gasteiger partial charge in [-0.25, -0.2) is 4.79 Å². The minimum absolute atomic E-state index is 0.245. The molecule has 1 aromatic rings. The summed E-state index contributed by atoms with van der Waals surface area (Å²) in [5, 5.41) is 2.26. The van der Waals surface area contributed by atoms with Crippen molar-refractivity contribution in [1.29, 1.82) is 0 Å². The van der Waals surface area contributed by atoms with Gasteiger partial charge in [0.1, 0.15) is 0 Å². The molecule has 1 N–H and O–H groups in total. The zero-order valence-corrected chi connectivity index (χ0v) is 11.1. The molecule has 7 heteroatoms. The number of benzene rings is 1. The van der Waals surface area contributed by atoms with Crippen molar-refractivity contribution in [3.05, 3.63) is 29.8 Å². The molecule has 106 valence electrons. The summed E-state index contributed by atoms with van der Waals surface area (Å²) in [6.07, 6.45) is -5.55. The lowest BCUT2D eigenvalue weighted by atomic mass is 10.2. The average Bonchev–Trinajstić information content (AvgIpc) is 2.31. The first-order valence-corrected chi connectivity index (χ1v) is 6.52. The number of alkyl carbamates (subject to hydrolysis) is 1. The van der Waals surface area contributed by atoms with Crippen molar-refractivity contribution in [2.45, 2.75) is 18.0 Å². The molecule has 0 aliphatic carbocycles. The highest BCUT2D eigenvalue weighted by molar-refractivity contribution is 7.99. The standard InChI is InChI=1S/C12H14F3NO2S/c1-9-3-2-4-10(7-9)19-6-5-16-11(17)18-8-12(13,14)15/h2-4,7H,5-6,8H2,1H3,(H,16,17). The van der Waals surface area contributed by atoms with Crippen LogP contribution >= 0.6 is 11.8 Å². The molecular weight excluding hydrogens is 279 g/mol. The van der Waals surface area contributed by atoms with E-state index < -0.39 is 18.9 Å². The Hall–Kier alpha value is -1.37. The second-order valence-electron chi connectivity index (χ2n) is 3.78. The minimum Gasteiger partial charge on any atom is -0.440 e. The Kier molecular flexibility index (Phi) is 6.01. The summed E-state index contributed by atoms with van der Waals surface area (Å²) in [7, 11) is 0. The van der Waals surface area contributed by atoms with Crippen molar-refractivity contribution >= 4 is 17.9 Å². The molecule has 1 rings (SSSR count). The molecule has 0 spiro atoms. The van der Waals surface area contributed by atoms with Crippen molar-refractivity contribution < 1.29 is 22.7 Å². The van der Waals surface area contributed by atoms with Crippen molar-refractivity contribution in [2.24, 2.45) is 0 Å². The Labute approximate surface area is 113 Å². The van der Waals surface area contributed by atoms with E-state index in [-0.39, 0.29) is 6.54 Å². The molecule has 0 aliphatic heterocycles. The van der Waals surface area contributed by atoms with Crippen LogP contribution in [0.3, 0.4) is 0 Å². The molecule has 0 bridgehead atoms. The van der Waals surface area contributed by atoms with E-state index in [1.165, 1.54) is 11.8 Å². The third-order valence-corrected chi connectivity index (χ3v) is 2.99. The van der Waals surface area contributed by atoms with Gasteiger partial charge < -0.3 is 10.1 Å². The molecule has 19 heavy (non-hydrogen) atoms. The summed E-state index contributed by atoms with van der Waals surface area (Å²) < 4.78 is 39.3. The van der Waals surface area contributed by atoms with E-state index in [0.717, 1.165) is 10.5 Å². The lowest BCUT2D eigenvalue weighted by Gasteiger charge is -2.09. The number of carbonyl (C=O) groups excluding carboxylic acids is 1. The highest BCUT2D eigenvalue weighted by atomic mass is 32.2. The smallest absolute Gasteiger partial charge is 0.422 e. The fourth-order valence-electron chi connectivity index (χ4n) is 1.23. The molecule has 0 atom stereocenters. The third kappa shape index (κ3) is 7.61. The second-order valence-corrected chi connectivity index (χ2v) is 4.95. The third-order valence-electron chi connectivity index (χ3n) is 2.00. The molecule has 0 saturated heterocycles. The van der Waals surface area contributed by atoms with Crippen LogP contribution in [-0.2, 0) is 4.74 Å². The van der Waals surface area contributed by atoms with Gasteiger partial charge in [-0.3, -0.25) is 0 Å². The average molecular weight is 293 g/mol. The molecular formula is C12H14F3NO2S. The summed E-state index contributed by atoms with van der Waals surface area (Å²) in [6.45, 7) is 0.649. The van der Waals surface area contributed by atoms with Crippen LogP contribution in [0, 0.1) is 6.92 Å². The number of amides is 1. The number of hydrogen-bond acceptors (Lipinski definition) is 3. The number of thioether (sulfide) groups is 1. The van der Waals surface area contributed by atoms with E-state index in [1.807, 2.05) is 31.2 Å². The second kappa shape index (κ2) is 7.28. The molecule has 0 unspecified atom stereocenters. The molecule has 0 fully saturated rings. The van der Waals surface area contributed by atoms with Crippen LogP contribution in [0.25, 0.3) is 0 Å². The highest BCUT2D eigenvalue weighted by Crippen LogP contribution is 2.18. The van der Waals surface area contributed by atoms with Gasteiger partial charge in [0.25, 0.3) is 0 Å². The summed E-state index contributed by atoms with van der Waals surface area (Å²) in [5.41, 5.74) is 1.13. The van der Waals surface area contributed by atoms with E-state index >= 15 is 0 Å². The highest BCUT2D eigenvalue weighted by Gasteiger charge is 2.29. The van der Waals surface area contributed by atoms with E-state index in [9.17, 15) is 18.0 Å². The zero-order valence-electron chi connectivity index (χ0n) is 10.3. The molecule has 1 aromatic carbocycles. The van der Waals surface area contributed by atoms with Crippen LogP contribution in [0.5, 0.6) is 0 Å². The number of nitrogens with one attached hydrogen (secondary N) is 1. The minimum atomic E-state index is -4.49. The summed E-state index contributed by atoms with van der Waals surface area (Å²) in [5.74, 6) is 0.560. The molecule has 0 saturated carbocycles. The van der Waals surface area contributed by atoms with E-state index in [2.05, 4.69) is 10.1 Å². The fraction of sp³-hybridized carbons (Fsp3) is 0.417. The van der Waals surface area contributed by atoms with E-state index in [0.29, 0.717) is 5.75 Å². The fourth-order valence-corrected chi connectivity index (χ4v) is 2.11. The maximum Gasteiger partial charge on any atom is 0.422 e. The monoisotopic (exact) mass is 293 g/mol. The number of carbonyl (C=O) groups is 1. The molecule has 0 radical (unpaired) electrons. The van der Waals surface area contributed by atoms with Gasteiger partial charge in [0.2, 0.25) is 0 Å². The lowest BCUT2D eigenvalue weighted by molar-refractivity contribution is -0.160.